The third kappa shape index (κ3) is 7.41. The Labute approximate surface area is 461 Å². The van der Waals surface area contributed by atoms with E-state index in [1.807, 2.05) is 0 Å². The summed E-state index contributed by atoms with van der Waals surface area (Å²) >= 11 is 0. The molecule has 0 saturated heterocycles. The molecule has 0 fully saturated rings. The van der Waals surface area contributed by atoms with E-state index >= 15 is 0 Å². The van der Waals surface area contributed by atoms with Crippen LogP contribution in [0.2, 0.25) is 0 Å². The van der Waals surface area contributed by atoms with Crippen molar-refractivity contribution >= 4 is 49.6 Å². The summed E-state index contributed by atoms with van der Waals surface area (Å²) in [6, 6.07) is 116. The van der Waals surface area contributed by atoms with Gasteiger partial charge in [-0.3, -0.25) is 0 Å². The van der Waals surface area contributed by atoms with E-state index in [-0.39, 0.29) is 0 Å². The summed E-state index contributed by atoms with van der Waals surface area (Å²) in [7, 11) is 0. The zero-order valence-corrected chi connectivity index (χ0v) is 43.4. The normalized spacial score (nSPS) is 12.4. The first-order valence-electron chi connectivity index (χ1n) is 27.3. The van der Waals surface area contributed by atoms with E-state index in [2.05, 4.69) is 325 Å². The van der Waals surface area contributed by atoms with Crippen LogP contribution in [0, 0.1) is 0 Å². The molecule has 0 atom stereocenters. The van der Waals surface area contributed by atoms with Crippen molar-refractivity contribution in [2.45, 2.75) is 5.41 Å². The van der Waals surface area contributed by atoms with Gasteiger partial charge in [-0.05, 0) is 121 Å². The number of fused-ring (bicyclic) bond motifs is 7. The minimum atomic E-state index is -0.552. The number of aromatic nitrogens is 1. The van der Waals surface area contributed by atoms with Gasteiger partial charge in [0, 0.05) is 33.2 Å². The second-order valence-electron chi connectivity index (χ2n) is 20.7. The third-order valence-electron chi connectivity index (χ3n) is 16.5. The summed E-state index contributed by atoms with van der Waals surface area (Å²) in [6.45, 7) is 0. The largest absolute Gasteiger partial charge is 0.309 e. The van der Waals surface area contributed by atoms with Crippen LogP contribution < -0.4 is 4.90 Å². The van der Waals surface area contributed by atoms with Crippen LogP contribution in [0.3, 0.4) is 0 Å². The van der Waals surface area contributed by atoms with Gasteiger partial charge in [0.1, 0.15) is 0 Å². The number of anilines is 3. The standard InChI is InChI=1S/C77H52N2/c1-5-25-53(26-6-1)62-40-23-27-54-28-24-41-68(76(54)62)66-39-17-22-46-74(66)79(72-44-20-15-36-61(72)56-48-50-67-65-38-16-21-45-73(65)78(75(67)52-56)59-33-11-4-12-34-59)71-43-19-14-35-60(71)55-47-49-64-63-37-13-18-42-69(63)77(70(64)51-55,57-29-7-2-8-30-57)58-31-9-3-10-32-58/h1-52H. The van der Waals surface area contributed by atoms with Crippen molar-refractivity contribution in [2.24, 2.45) is 0 Å². The maximum absolute atomic E-state index is 2.55. The number of rotatable bonds is 10. The summed E-state index contributed by atoms with van der Waals surface area (Å²) in [5, 5.41) is 4.87. The molecule has 0 unspecified atom stereocenters. The zero-order valence-electron chi connectivity index (χ0n) is 43.4. The first kappa shape index (κ1) is 46.1. The first-order chi connectivity index (χ1) is 39.2. The topological polar surface area (TPSA) is 8.17 Å². The number of benzene rings is 13. The Morgan fingerprint density at radius 3 is 1.41 bits per heavy atom. The van der Waals surface area contributed by atoms with Crippen LogP contribution >= 0.6 is 0 Å². The molecule has 0 aliphatic heterocycles. The number of para-hydroxylation sites is 5. The molecule has 13 aromatic carbocycles. The average molecular weight is 1010 g/mol. The monoisotopic (exact) mass is 1000 g/mol. The van der Waals surface area contributed by atoms with Crippen molar-refractivity contribution in [3.63, 3.8) is 0 Å². The number of hydrogen-bond acceptors (Lipinski definition) is 1. The molecule has 1 aliphatic rings. The fourth-order valence-corrected chi connectivity index (χ4v) is 13.1. The first-order valence-corrected chi connectivity index (χ1v) is 27.3. The van der Waals surface area contributed by atoms with E-state index in [9.17, 15) is 0 Å². The lowest BCUT2D eigenvalue weighted by atomic mass is 9.67. The lowest BCUT2D eigenvalue weighted by Crippen LogP contribution is -2.28. The van der Waals surface area contributed by atoms with Gasteiger partial charge in [-0.15, -0.1) is 0 Å². The van der Waals surface area contributed by atoms with Gasteiger partial charge in [-0.1, -0.05) is 267 Å². The minimum absolute atomic E-state index is 0.552. The van der Waals surface area contributed by atoms with Gasteiger partial charge in [-0.2, -0.15) is 0 Å². The molecule has 1 aliphatic carbocycles. The summed E-state index contributed by atoms with van der Waals surface area (Å²) in [4.78, 5) is 2.55. The molecule has 15 rings (SSSR count). The fourth-order valence-electron chi connectivity index (χ4n) is 13.1. The molecule has 1 heterocycles. The van der Waals surface area contributed by atoms with Crippen LogP contribution in [0.25, 0.3) is 93.9 Å². The fraction of sp³-hybridized carbons (Fsp3) is 0.0130. The summed E-state index contributed by atoms with van der Waals surface area (Å²) in [5.74, 6) is 0. The summed E-state index contributed by atoms with van der Waals surface area (Å²) in [5.41, 5.74) is 23.0. The predicted molar refractivity (Wildman–Crippen MR) is 332 cm³/mol. The van der Waals surface area contributed by atoms with E-state index < -0.39 is 5.41 Å². The van der Waals surface area contributed by atoms with Crippen LogP contribution in [0.1, 0.15) is 22.3 Å². The van der Waals surface area contributed by atoms with Gasteiger partial charge >= 0.3 is 0 Å². The second-order valence-corrected chi connectivity index (χ2v) is 20.7. The highest BCUT2D eigenvalue weighted by molar-refractivity contribution is 6.12. The van der Waals surface area contributed by atoms with Gasteiger partial charge < -0.3 is 9.47 Å². The van der Waals surface area contributed by atoms with Crippen molar-refractivity contribution in [2.75, 3.05) is 4.90 Å². The maximum Gasteiger partial charge on any atom is 0.0713 e. The highest BCUT2D eigenvalue weighted by Gasteiger charge is 2.46. The SMILES string of the molecule is c1ccc(-c2cccc3cccc(-c4ccccc4N(c4ccccc4-c4ccc5c(c4)C(c4ccccc4)(c4ccccc4)c4ccccc4-5)c4ccccc4-c4ccc5c6ccccc6n(-c6ccccc6)c5c4)c23)cc1. The average Bonchev–Trinajstić information content (AvgIpc) is 3.65. The number of hydrogen-bond donors (Lipinski definition) is 0. The van der Waals surface area contributed by atoms with Crippen molar-refractivity contribution in [1.82, 2.24) is 4.57 Å². The molecule has 1 aromatic heterocycles. The van der Waals surface area contributed by atoms with Crippen molar-refractivity contribution in [1.29, 1.82) is 0 Å². The van der Waals surface area contributed by atoms with Crippen molar-refractivity contribution in [3.05, 3.63) is 338 Å². The summed E-state index contributed by atoms with van der Waals surface area (Å²) in [6.07, 6.45) is 0. The van der Waals surface area contributed by atoms with E-state index in [0.29, 0.717) is 0 Å². The Bertz CT molecular complexity index is 4550. The highest BCUT2D eigenvalue weighted by Crippen LogP contribution is 2.58. The van der Waals surface area contributed by atoms with Crippen LogP contribution in [-0.4, -0.2) is 4.57 Å². The van der Waals surface area contributed by atoms with Gasteiger partial charge in [0.05, 0.1) is 33.5 Å². The van der Waals surface area contributed by atoms with Crippen LogP contribution in [0.4, 0.5) is 17.1 Å². The van der Waals surface area contributed by atoms with Gasteiger partial charge in [0.25, 0.3) is 0 Å². The Hall–Kier alpha value is -10.3. The Morgan fingerprint density at radius 2 is 0.734 bits per heavy atom. The molecule has 0 saturated carbocycles. The number of nitrogens with zero attached hydrogens (tertiary/aromatic N) is 2. The molecule has 14 aromatic rings. The Morgan fingerprint density at radius 1 is 0.266 bits per heavy atom. The second kappa shape index (κ2) is 19.1. The van der Waals surface area contributed by atoms with Crippen molar-refractivity contribution in [3.8, 4) is 61.3 Å². The maximum atomic E-state index is 2.55. The molecule has 0 N–H and O–H groups in total. The molecule has 2 heteroatoms. The molecule has 0 amide bonds. The van der Waals surface area contributed by atoms with Crippen LogP contribution in [0.15, 0.2) is 315 Å². The van der Waals surface area contributed by atoms with Gasteiger partial charge in [0.2, 0.25) is 0 Å². The van der Waals surface area contributed by atoms with Crippen LogP contribution in [-0.2, 0) is 5.41 Å². The molecule has 0 bridgehead atoms. The molecule has 2 nitrogen and oxygen atoms in total. The lowest BCUT2D eigenvalue weighted by molar-refractivity contribution is 0.769. The van der Waals surface area contributed by atoms with Crippen molar-refractivity contribution < 1.29 is 0 Å². The Balaban J connectivity index is 0.999. The molecule has 0 radical (unpaired) electrons. The zero-order chi connectivity index (χ0) is 52.3. The molecular weight excluding hydrogens is 953 g/mol. The molecule has 79 heavy (non-hydrogen) atoms. The van der Waals surface area contributed by atoms with Gasteiger partial charge in [0.15, 0.2) is 0 Å². The molecule has 0 spiro atoms. The predicted octanol–water partition coefficient (Wildman–Crippen LogP) is 20.4. The van der Waals surface area contributed by atoms with Crippen LogP contribution in [0.5, 0.6) is 0 Å². The smallest absolute Gasteiger partial charge is 0.0713 e. The lowest BCUT2D eigenvalue weighted by Gasteiger charge is -2.34. The minimum Gasteiger partial charge on any atom is -0.309 e. The third-order valence-corrected chi connectivity index (χ3v) is 16.5. The van der Waals surface area contributed by atoms with Gasteiger partial charge in [-0.25, -0.2) is 0 Å². The van der Waals surface area contributed by atoms with E-state index in [1.54, 1.807) is 0 Å². The van der Waals surface area contributed by atoms with E-state index in [4.69, 9.17) is 0 Å². The quantitative estimate of drug-likeness (QED) is 0.133. The summed E-state index contributed by atoms with van der Waals surface area (Å²) < 4.78 is 2.42. The molecule has 370 valence electrons. The Kier molecular flexibility index (Phi) is 11.1. The van der Waals surface area contributed by atoms with E-state index in [1.165, 1.54) is 77.1 Å². The highest BCUT2D eigenvalue weighted by atomic mass is 15.2. The van der Waals surface area contributed by atoms with E-state index in [0.717, 1.165) is 56.1 Å². The molecular formula is C77H52N2.